The van der Waals surface area contributed by atoms with Crippen molar-refractivity contribution in [3.05, 3.63) is 65.5 Å². The predicted octanol–water partition coefficient (Wildman–Crippen LogP) is 2.79. The molecule has 2 aromatic rings. The monoisotopic (exact) mass is 348 g/mol. The molecule has 0 aliphatic carbocycles. The van der Waals surface area contributed by atoms with Gasteiger partial charge >= 0.3 is 0 Å². The van der Waals surface area contributed by atoms with Crippen LogP contribution in [-0.2, 0) is 15.8 Å². The van der Waals surface area contributed by atoms with Gasteiger partial charge in [-0.05, 0) is 36.2 Å². The Morgan fingerprint density at radius 1 is 0.958 bits per heavy atom. The lowest BCUT2D eigenvalue weighted by Gasteiger charge is -2.36. The molecule has 4 nitrogen and oxygen atoms in total. The number of anilines is 1. The third-order valence-corrected chi connectivity index (χ3v) is 6.20. The Kier molecular flexibility index (Phi) is 4.87. The molecular weight excluding hydrogens is 327 g/mol. The average Bonchev–Trinajstić information content (AvgIpc) is 2.57. The van der Waals surface area contributed by atoms with E-state index in [0.717, 1.165) is 5.69 Å². The van der Waals surface area contributed by atoms with E-state index >= 15 is 0 Å². The van der Waals surface area contributed by atoms with Gasteiger partial charge in [0.1, 0.15) is 5.82 Å². The summed E-state index contributed by atoms with van der Waals surface area (Å²) in [6.45, 7) is 4.35. The zero-order valence-electron chi connectivity index (χ0n) is 13.7. The average molecular weight is 348 g/mol. The van der Waals surface area contributed by atoms with Crippen molar-refractivity contribution in [2.45, 2.75) is 12.7 Å². The Bertz CT molecular complexity index is 798. The first-order chi connectivity index (χ1) is 11.5. The molecule has 0 bridgehead atoms. The highest BCUT2D eigenvalue weighted by Gasteiger charge is 2.27. The van der Waals surface area contributed by atoms with E-state index < -0.39 is 10.0 Å². The van der Waals surface area contributed by atoms with Gasteiger partial charge in [-0.25, -0.2) is 12.8 Å². The number of aryl methyl sites for hydroxylation is 1. The largest absolute Gasteiger partial charge is 0.369 e. The smallest absolute Gasteiger partial charge is 0.218 e. The van der Waals surface area contributed by atoms with Gasteiger partial charge in [-0.1, -0.05) is 30.3 Å². The number of halogens is 1. The van der Waals surface area contributed by atoms with Crippen molar-refractivity contribution in [3.8, 4) is 0 Å². The summed E-state index contributed by atoms with van der Waals surface area (Å²) in [7, 11) is -3.38. The molecule has 128 valence electrons. The maximum absolute atomic E-state index is 12.9. The molecule has 1 aliphatic rings. The van der Waals surface area contributed by atoms with Crippen LogP contribution in [0.2, 0.25) is 0 Å². The van der Waals surface area contributed by atoms with Crippen LogP contribution in [0.5, 0.6) is 0 Å². The Balaban J connectivity index is 1.65. The third-order valence-electron chi connectivity index (χ3n) is 4.35. The number of para-hydroxylation sites is 1. The van der Waals surface area contributed by atoms with Gasteiger partial charge in [0.25, 0.3) is 0 Å². The maximum atomic E-state index is 12.9. The first kappa shape index (κ1) is 16.9. The summed E-state index contributed by atoms with van der Waals surface area (Å²) in [6.07, 6.45) is 0. The van der Waals surface area contributed by atoms with Crippen molar-refractivity contribution in [2.75, 3.05) is 31.1 Å². The first-order valence-corrected chi connectivity index (χ1v) is 9.59. The van der Waals surface area contributed by atoms with E-state index in [4.69, 9.17) is 0 Å². The van der Waals surface area contributed by atoms with E-state index in [-0.39, 0.29) is 11.6 Å². The summed E-state index contributed by atoms with van der Waals surface area (Å²) >= 11 is 0. The minimum Gasteiger partial charge on any atom is -0.369 e. The lowest BCUT2D eigenvalue weighted by molar-refractivity contribution is 0.384. The fourth-order valence-corrected chi connectivity index (χ4v) is 4.52. The maximum Gasteiger partial charge on any atom is 0.218 e. The summed E-state index contributed by atoms with van der Waals surface area (Å²) in [4.78, 5) is 2.22. The lowest BCUT2D eigenvalue weighted by Crippen LogP contribution is -2.49. The second-order valence-corrected chi connectivity index (χ2v) is 8.02. The summed E-state index contributed by atoms with van der Waals surface area (Å²) in [6, 6.07) is 13.8. The van der Waals surface area contributed by atoms with Crippen molar-refractivity contribution in [1.82, 2.24) is 4.31 Å². The van der Waals surface area contributed by atoms with Crippen molar-refractivity contribution in [1.29, 1.82) is 0 Å². The van der Waals surface area contributed by atoms with Gasteiger partial charge in [0.2, 0.25) is 10.0 Å². The Morgan fingerprint density at radius 3 is 2.21 bits per heavy atom. The van der Waals surface area contributed by atoms with Crippen molar-refractivity contribution < 1.29 is 12.8 Å². The molecule has 1 saturated heterocycles. The molecule has 0 unspecified atom stereocenters. The normalized spacial score (nSPS) is 16.3. The number of piperazine rings is 1. The minimum absolute atomic E-state index is 0.0857. The van der Waals surface area contributed by atoms with Crippen LogP contribution < -0.4 is 4.90 Å². The Morgan fingerprint density at radius 2 is 1.58 bits per heavy atom. The second kappa shape index (κ2) is 6.91. The molecule has 1 fully saturated rings. The molecule has 0 N–H and O–H groups in total. The van der Waals surface area contributed by atoms with Gasteiger partial charge < -0.3 is 4.90 Å². The third kappa shape index (κ3) is 3.76. The molecule has 0 radical (unpaired) electrons. The van der Waals surface area contributed by atoms with E-state index in [0.29, 0.717) is 31.7 Å². The van der Waals surface area contributed by atoms with Gasteiger partial charge in [-0.2, -0.15) is 4.31 Å². The summed E-state index contributed by atoms with van der Waals surface area (Å²) in [5.41, 5.74) is 2.96. The quantitative estimate of drug-likeness (QED) is 0.853. The SMILES string of the molecule is Cc1ccccc1N1CCN(S(=O)(=O)Cc2ccc(F)cc2)CC1. The molecule has 2 aromatic carbocycles. The number of hydrogen-bond donors (Lipinski definition) is 0. The minimum atomic E-state index is -3.38. The number of rotatable bonds is 4. The molecule has 1 aliphatic heterocycles. The zero-order chi connectivity index (χ0) is 17.2. The van der Waals surface area contributed by atoms with Crippen LogP contribution >= 0.6 is 0 Å². The molecule has 3 rings (SSSR count). The van der Waals surface area contributed by atoms with Crippen LogP contribution in [0.25, 0.3) is 0 Å². The standard InChI is InChI=1S/C18H21FN2O2S/c1-15-4-2-3-5-18(15)20-10-12-21(13-11-20)24(22,23)14-16-6-8-17(19)9-7-16/h2-9H,10-14H2,1H3. The van der Waals surface area contributed by atoms with E-state index in [9.17, 15) is 12.8 Å². The van der Waals surface area contributed by atoms with Crippen LogP contribution in [0, 0.1) is 12.7 Å². The van der Waals surface area contributed by atoms with Crippen LogP contribution in [0.3, 0.4) is 0 Å². The van der Waals surface area contributed by atoms with Crippen molar-refractivity contribution in [2.24, 2.45) is 0 Å². The number of hydrogen-bond acceptors (Lipinski definition) is 3. The molecule has 0 atom stereocenters. The Labute approximate surface area is 142 Å². The number of benzene rings is 2. The molecule has 6 heteroatoms. The molecule has 0 aromatic heterocycles. The highest BCUT2D eigenvalue weighted by molar-refractivity contribution is 7.88. The predicted molar refractivity (Wildman–Crippen MR) is 94.0 cm³/mol. The second-order valence-electron chi connectivity index (χ2n) is 6.06. The molecular formula is C18H21FN2O2S. The molecule has 1 heterocycles. The van der Waals surface area contributed by atoms with E-state index in [2.05, 4.69) is 24.0 Å². The molecule has 0 saturated carbocycles. The zero-order valence-corrected chi connectivity index (χ0v) is 14.5. The van der Waals surface area contributed by atoms with Gasteiger partial charge in [0, 0.05) is 31.9 Å². The van der Waals surface area contributed by atoms with Crippen LogP contribution in [-0.4, -0.2) is 38.9 Å². The van der Waals surface area contributed by atoms with Gasteiger partial charge in [0.15, 0.2) is 0 Å². The highest BCUT2D eigenvalue weighted by Crippen LogP contribution is 2.22. The van der Waals surface area contributed by atoms with E-state index in [1.54, 1.807) is 0 Å². The van der Waals surface area contributed by atoms with Crippen LogP contribution in [0.15, 0.2) is 48.5 Å². The van der Waals surface area contributed by atoms with Crippen molar-refractivity contribution >= 4 is 15.7 Å². The number of sulfonamides is 1. The lowest BCUT2D eigenvalue weighted by atomic mass is 10.1. The van der Waals surface area contributed by atoms with Crippen LogP contribution in [0.4, 0.5) is 10.1 Å². The van der Waals surface area contributed by atoms with Crippen molar-refractivity contribution in [3.63, 3.8) is 0 Å². The van der Waals surface area contributed by atoms with Crippen LogP contribution in [0.1, 0.15) is 11.1 Å². The summed E-state index contributed by atoms with van der Waals surface area (Å²) in [5, 5.41) is 0. The fraction of sp³-hybridized carbons (Fsp3) is 0.333. The van der Waals surface area contributed by atoms with Gasteiger partial charge in [-0.15, -0.1) is 0 Å². The fourth-order valence-electron chi connectivity index (χ4n) is 3.01. The Hall–Kier alpha value is -1.92. The molecule has 24 heavy (non-hydrogen) atoms. The topological polar surface area (TPSA) is 40.6 Å². The van der Waals surface area contributed by atoms with E-state index in [1.165, 1.54) is 34.1 Å². The number of nitrogens with zero attached hydrogens (tertiary/aromatic N) is 2. The van der Waals surface area contributed by atoms with Gasteiger partial charge in [-0.3, -0.25) is 0 Å². The summed E-state index contributed by atoms with van der Waals surface area (Å²) in [5.74, 6) is -0.444. The molecule has 0 amide bonds. The molecule has 0 spiro atoms. The first-order valence-electron chi connectivity index (χ1n) is 7.98. The highest BCUT2D eigenvalue weighted by atomic mass is 32.2. The van der Waals surface area contributed by atoms with E-state index in [1.807, 2.05) is 12.1 Å². The summed E-state index contributed by atoms with van der Waals surface area (Å²) < 4.78 is 39.6. The van der Waals surface area contributed by atoms with Gasteiger partial charge in [0.05, 0.1) is 5.75 Å².